The van der Waals surface area contributed by atoms with Gasteiger partial charge in [0.15, 0.2) is 0 Å². The smallest absolute Gasteiger partial charge is 0.208 e. The number of methoxy groups -OCH3 is 1. The van der Waals surface area contributed by atoms with Gasteiger partial charge in [0, 0.05) is 5.75 Å². The maximum Gasteiger partial charge on any atom is 0.208 e. The summed E-state index contributed by atoms with van der Waals surface area (Å²) in [5.41, 5.74) is 7.15. The van der Waals surface area contributed by atoms with Crippen LogP contribution in [0.5, 0.6) is 5.75 Å². The number of nitrogens with one attached hydrogen (secondary N) is 2. The lowest BCUT2D eigenvalue weighted by atomic mass is 10.1. The number of hydrogen-bond acceptors (Lipinski definition) is 5. The van der Waals surface area contributed by atoms with E-state index in [0.29, 0.717) is 16.5 Å². The van der Waals surface area contributed by atoms with Crippen molar-refractivity contribution >= 4 is 17.6 Å². The molecule has 0 radical (unpaired) electrons. The molecule has 0 amide bonds. The molecule has 0 fully saturated rings. The molecule has 1 aromatic carbocycles. The molecule has 7 heteroatoms. The number of aromatic nitrogens is 3. The average molecular weight is 277 g/mol. The van der Waals surface area contributed by atoms with Crippen LogP contribution in [0.25, 0.3) is 0 Å². The van der Waals surface area contributed by atoms with E-state index in [1.807, 2.05) is 19.1 Å². The molecule has 6 nitrogen and oxygen atoms in total. The predicted octanol–water partition coefficient (Wildman–Crippen LogP) is 1.70. The van der Waals surface area contributed by atoms with Crippen LogP contribution in [-0.2, 0) is 5.75 Å². The number of aryl methyl sites for hydroxylation is 1. The van der Waals surface area contributed by atoms with E-state index in [2.05, 4.69) is 15.2 Å². The molecule has 1 aromatic heterocycles. The predicted molar refractivity (Wildman–Crippen MR) is 74.7 cm³/mol. The van der Waals surface area contributed by atoms with Crippen LogP contribution in [0.1, 0.15) is 17.0 Å². The quantitative estimate of drug-likeness (QED) is 0.438. The largest absolute Gasteiger partial charge is 0.496 e. The van der Waals surface area contributed by atoms with Crippen molar-refractivity contribution in [2.75, 3.05) is 7.11 Å². The van der Waals surface area contributed by atoms with Gasteiger partial charge in [0.2, 0.25) is 5.16 Å². The molecule has 2 rings (SSSR count). The lowest BCUT2D eigenvalue weighted by molar-refractivity contribution is 0.413. The molecule has 100 valence electrons. The van der Waals surface area contributed by atoms with Crippen LogP contribution < -0.4 is 10.5 Å². The summed E-state index contributed by atoms with van der Waals surface area (Å²) in [4.78, 5) is 4.23. The standard InChI is InChI=1S/C12H15N5OS/c1-7-15-12(17-16-7)19-6-8-3-4-9(11(13)14)10(5-8)18-2/h3-5H,6H2,1-2H3,(H3,13,14)(H,15,16,17). The molecule has 0 bridgehead atoms. The summed E-state index contributed by atoms with van der Waals surface area (Å²) < 4.78 is 5.24. The van der Waals surface area contributed by atoms with Gasteiger partial charge in [0.1, 0.15) is 17.4 Å². The molecule has 0 spiro atoms. The van der Waals surface area contributed by atoms with E-state index in [9.17, 15) is 0 Å². The minimum atomic E-state index is 0.000598. The van der Waals surface area contributed by atoms with E-state index in [1.165, 1.54) is 11.8 Å². The van der Waals surface area contributed by atoms with Gasteiger partial charge < -0.3 is 10.5 Å². The molecular weight excluding hydrogens is 262 g/mol. The van der Waals surface area contributed by atoms with Gasteiger partial charge >= 0.3 is 0 Å². The minimum absolute atomic E-state index is 0.000598. The summed E-state index contributed by atoms with van der Waals surface area (Å²) in [6.45, 7) is 1.86. The normalized spacial score (nSPS) is 10.4. The number of hydrogen-bond donors (Lipinski definition) is 3. The number of nitrogen functional groups attached to an aromatic ring is 1. The maximum atomic E-state index is 7.46. The highest BCUT2D eigenvalue weighted by Gasteiger charge is 2.08. The second-order valence-electron chi connectivity index (χ2n) is 3.94. The highest BCUT2D eigenvalue weighted by atomic mass is 32.2. The summed E-state index contributed by atoms with van der Waals surface area (Å²) >= 11 is 1.53. The molecule has 0 saturated heterocycles. The van der Waals surface area contributed by atoms with Crippen molar-refractivity contribution in [2.45, 2.75) is 17.8 Å². The minimum Gasteiger partial charge on any atom is -0.496 e. The van der Waals surface area contributed by atoms with Gasteiger partial charge in [-0.2, -0.15) is 0 Å². The Balaban J connectivity index is 2.11. The molecule has 2 aromatic rings. The Morgan fingerprint density at radius 2 is 2.32 bits per heavy atom. The van der Waals surface area contributed by atoms with Crippen molar-refractivity contribution in [2.24, 2.45) is 5.73 Å². The molecule has 19 heavy (non-hydrogen) atoms. The first-order chi connectivity index (χ1) is 9.10. The molecular formula is C12H15N5OS. The maximum absolute atomic E-state index is 7.46. The molecule has 0 aliphatic heterocycles. The molecule has 0 aliphatic rings. The number of benzene rings is 1. The summed E-state index contributed by atoms with van der Waals surface area (Å²) in [7, 11) is 1.57. The monoisotopic (exact) mass is 277 g/mol. The molecule has 1 heterocycles. The van der Waals surface area contributed by atoms with E-state index < -0.39 is 0 Å². The highest BCUT2D eigenvalue weighted by molar-refractivity contribution is 7.98. The average Bonchev–Trinajstić information content (AvgIpc) is 2.81. The van der Waals surface area contributed by atoms with Crippen molar-refractivity contribution in [3.8, 4) is 5.75 Å². The van der Waals surface area contributed by atoms with Gasteiger partial charge in [0.25, 0.3) is 0 Å². The zero-order valence-electron chi connectivity index (χ0n) is 10.7. The zero-order chi connectivity index (χ0) is 13.8. The topological polar surface area (TPSA) is 101 Å². The van der Waals surface area contributed by atoms with E-state index in [0.717, 1.165) is 17.1 Å². The number of nitrogens with two attached hydrogens (primary N) is 1. The first kappa shape index (κ1) is 13.4. The molecule has 0 saturated carbocycles. The van der Waals surface area contributed by atoms with Crippen molar-refractivity contribution in [3.63, 3.8) is 0 Å². The van der Waals surface area contributed by atoms with E-state index in [-0.39, 0.29) is 5.84 Å². The number of nitrogens with zero attached hydrogens (tertiary/aromatic N) is 2. The van der Waals surface area contributed by atoms with Crippen LogP contribution in [0, 0.1) is 12.3 Å². The van der Waals surface area contributed by atoms with Crippen LogP contribution in [-0.4, -0.2) is 28.1 Å². The van der Waals surface area contributed by atoms with Gasteiger partial charge in [-0.1, -0.05) is 17.8 Å². The SMILES string of the molecule is COc1cc(CSc2n[nH]c(C)n2)ccc1C(=N)N. The fourth-order valence-electron chi connectivity index (χ4n) is 1.58. The third-order valence-corrected chi connectivity index (χ3v) is 3.42. The first-order valence-electron chi connectivity index (χ1n) is 5.63. The fourth-order valence-corrected chi connectivity index (χ4v) is 2.37. The molecule has 0 aliphatic carbocycles. The van der Waals surface area contributed by atoms with Crippen molar-refractivity contribution in [1.82, 2.24) is 15.2 Å². The summed E-state index contributed by atoms with van der Waals surface area (Å²) in [6, 6.07) is 5.59. The Bertz CT molecular complexity index is 596. The fraction of sp³-hybridized carbons (Fsp3) is 0.250. The highest BCUT2D eigenvalue weighted by Crippen LogP contribution is 2.24. The van der Waals surface area contributed by atoms with Crippen molar-refractivity contribution in [3.05, 3.63) is 35.2 Å². The molecule has 0 unspecified atom stereocenters. The van der Waals surface area contributed by atoms with Crippen LogP contribution in [0.3, 0.4) is 0 Å². The van der Waals surface area contributed by atoms with Gasteiger partial charge in [-0.05, 0) is 24.6 Å². The Morgan fingerprint density at radius 3 is 2.89 bits per heavy atom. The summed E-state index contributed by atoms with van der Waals surface area (Å²) in [6.07, 6.45) is 0. The van der Waals surface area contributed by atoms with Crippen molar-refractivity contribution < 1.29 is 4.74 Å². The number of amidine groups is 1. The van der Waals surface area contributed by atoms with Gasteiger partial charge in [-0.3, -0.25) is 10.5 Å². The van der Waals surface area contributed by atoms with Crippen LogP contribution in [0.4, 0.5) is 0 Å². The van der Waals surface area contributed by atoms with Gasteiger partial charge in [-0.25, -0.2) is 4.98 Å². The summed E-state index contributed by atoms with van der Waals surface area (Å²) in [5.74, 6) is 2.13. The van der Waals surface area contributed by atoms with Crippen LogP contribution >= 0.6 is 11.8 Å². The third kappa shape index (κ3) is 3.25. The number of aromatic amines is 1. The lowest BCUT2D eigenvalue weighted by Crippen LogP contribution is -2.12. The number of rotatable bonds is 5. The second-order valence-corrected chi connectivity index (χ2v) is 4.88. The van der Waals surface area contributed by atoms with E-state index in [1.54, 1.807) is 13.2 Å². The third-order valence-electron chi connectivity index (χ3n) is 2.50. The van der Waals surface area contributed by atoms with E-state index >= 15 is 0 Å². The Labute approximate surface area is 115 Å². The van der Waals surface area contributed by atoms with Gasteiger partial charge in [0.05, 0.1) is 12.7 Å². The van der Waals surface area contributed by atoms with Crippen LogP contribution in [0.15, 0.2) is 23.4 Å². The zero-order valence-corrected chi connectivity index (χ0v) is 11.5. The molecule has 4 N–H and O–H groups in total. The Hall–Kier alpha value is -2.02. The lowest BCUT2D eigenvalue weighted by Gasteiger charge is -2.08. The summed E-state index contributed by atoms with van der Waals surface area (Å²) in [5, 5.41) is 15.0. The second kappa shape index (κ2) is 5.75. The number of ether oxygens (including phenoxy) is 1. The molecule has 0 atom stereocenters. The first-order valence-corrected chi connectivity index (χ1v) is 6.62. The van der Waals surface area contributed by atoms with Crippen LogP contribution in [0.2, 0.25) is 0 Å². The van der Waals surface area contributed by atoms with Crippen molar-refractivity contribution in [1.29, 1.82) is 5.41 Å². The number of H-pyrrole nitrogens is 1. The number of thioether (sulfide) groups is 1. The Kier molecular flexibility index (Phi) is 4.06. The van der Waals surface area contributed by atoms with E-state index in [4.69, 9.17) is 15.9 Å². The Morgan fingerprint density at radius 1 is 1.53 bits per heavy atom. The van der Waals surface area contributed by atoms with Gasteiger partial charge in [-0.15, -0.1) is 5.10 Å².